The Kier molecular flexibility index (Phi) is 5.57. The Morgan fingerprint density at radius 1 is 1.04 bits per heavy atom. The summed E-state index contributed by atoms with van der Waals surface area (Å²) in [5, 5.41) is 6.66. The van der Waals surface area contributed by atoms with Crippen LogP contribution < -0.4 is 15.4 Å². The summed E-state index contributed by atoms with van der Waals surface area (Å²) in [6, 6.07) is 14.3. The Labute approximate surface area is 162 Å². The highest BCUT2D eigenvalue weighted by atomic mass is 35.5. The summed E-state index contributed by atoms with van der Waals surface area (Å²) >= 11 is 6.16. The van der Waals surface area contributed by atoms with Gasteiger partial charge in [0.05, 0.1) is 12.8 Å². The number of hydrogen-bond acceptors (Lipinski definition) is 5. The van der Waals surface area contributed by atoms with Crippen LogP contribution >= 0.6 is 11.6 Å². The van der Waals surface area contributed by atoms with E-state index in [1.54, 1.807) is 32.2 Å². The maximum Gasteiger partial charge on any atom is 0.274 e. The normalized spacial score (nSPS) is 10.4. The van der Waals surface area contributed by atoms with Gasteiger partial charge < -0.3 is 15.4 Å². The summed E-state index contributed by atoms with van der Waals surface area (Å²) in [5.41, 5.74) is 2.53. The maximum atomic E-state index is 12.7. The second kappa shape index (κ2) is 8.05. The highest BCUT2D eigenvalue weighted by molar-refractivity contribution is 6.31. The number of methoxy groups -OCH3 is 1. The molecule has 138 valence electrons. The topological polar surface area (TPSA) is 76.1 Å². The molecule has 0 fully saturated rings. The molecule has 2 aromatic carbocycles. The molecule has 2 N–H and O–H groups in total. The third-order valence-electron chi connectivity index (χ3n) is 3.96. The molecule has 1 heterocycles. The second-order valence-corrected chi connectivity index (χ2v) is 6.28. The van der Waals surface area contributed by atoms with E-state index in [4.69, 9.17) is 16.3 Å². The first-order valence-electron chi connectivity index (χ1n) is 8.30. The third-order valence-corrected chi connectivity index (χ3v) is 4.37. The number of anilines is 3. The second-order valence-electron chi connectivity index (χ2n) is 5.88. The number of carbonyl (C=O) groups excluding carboxylic acids is 1. The van der Waals surface area contributed by atoms with E-state index >= 15 is 0 Å². The standard InChI is InChI=1S/C20H19ClN4O2/c1-12-14(21)7-6-9-15(12)24-19-11-17(22-13(2)23-19)20(26)25-16-8-4-5-10-18(16)27-3/h4-11H,1-3H3,(H,25,26)(H,22,23,24). The number of aromatic nitrogens is 2. The zero-order valence-corrected chi connectivity index (χ0v) is 16.0. The average molecular weight is 383 g/mol. The lowest BCUT2D eigenvalue weighted by atomic mass is 10.2. The van der Waals surface area contributed by atoms with E-state index in [0.29, 0.717) is 28.1 Å². The fourth-order valence-electron chi connectivity index (χ4n) is 2.56. The molecule has 0 saturated heterocycles. The molecule has 0 atom stereocenters. The van der Waals surface area contributed by atoms with E-state index < -0.39 is 0 Å². The van der Waals surface area contributed by atoms with Crippen molar-refractivity contribution < 1.29 is 9.53 Å². The minimum atomic E-state index is -0.351. The van der Waals surface area contributed by atoms with Crippen molar-refractivity contribution in [1.82, 2.24) is 9.97 Å². The molecule has 0 spiro atoms. The van der Waals surface area contributed by atoms with E-state index in [9.17, 15) is 4.79 Å². The van der Waals surface area contributed by atoms with Crippen LogP contribution in [0.25, 0.3) is 0 Å². The van der Waals surface area contributed by atoms with Crippen LogP contribution in [0.15, 0.2) is 48.5 Å². The highest BCUT2D eigenvalue weighted by Gasteiger charge is 2.14. The Hall–Kier alpha value is -3.12. The molecular formula is C20H19ClN4O2. The summed E-state index contributed by atoms with van der Waals surface area (Å²) in [7, 11) is 1.55. The smallest absolute Gasteiger partial charge is 0.274 e. The fourth-order valence-corrected chi connectivity index (χ4v) is 2.74. The van der Waals surface area contributed by atoms with E-state index in [2.05, 4.69) is 20.6 Å². The van der Waals surface area contributed by atoms with Gasteiger partial charge in [-0.15, -0.1) is 0 Å². The van der Waals surface area contributed by atoms with Crippen molar-refractivity contribution in [3.63, 3.8) is 0 Å². The minimum Gasteiger partial charge on any atom is -0.495 e. The number of hydrogen-bond donors (Lipinski definition) is 2. The average Bonchev–Trinajstić information content (AvgIpc) is 2.65. The first-order valence-corrected chi connectivity index (χ1v) is 8.68. The maximum absolute atomic E-state index is 12.7. The molecule has 0 saturated carbocycles. The summed E-state index contributed by atoms with van der Waals surface area (Å²) in [5.74, 6) is 1.21. The molecule has 6 nitrogen and oxygen atoms in total. The van der Waals surface area contributed by atoms with Gasteiger partial charge in [-0.1, -0.05) is 29.8 Å². The quantitative estimate of drug-likeness (QED) is 0.665. The van der Waals surface area contributed by atoms with Gasteiger partial charge in [-0.05, 0) is 43.7 Å². The van der Waals surface area contributed by atoms with Crippen LogP contribution in [0.1, 0.15) is 21.9 Å². The predicted molar refractivity (Wildman–Crippen MR) is 107 cm³/mol. The first-order chi connectivity index (χ1) is 13.0. The van der Waals surface area contributed by atoms with Crippen LogP contribution in [0.2, 0.25) is 5.02 Å². The SMILES string of the molecule is COc1ccccc1NC(=O)c1cc(Nc2cccc(Cl)c2C)nc(C)n1. The van der Waals surface area contributed by atoms with Gasteiger partial charge in [0, 0.05) is 16.8 Å². The Balaban J connectivity index is 1.86. The minimum absolute atomic E-state index is 0.246. The van der Waals surface area contributed by atoms with Gasteiger partial charge in [-0.25, -0.2) is 9.97 Å². The Morgan fingerprint density at radius 3 is 2.56 bits per heavy atom. The molecule has 0 radical (unpaired) electrons. The van der Waals surface area contributed by atoms with Gasteiger partial charge in [-0.2, -0.15) is 0 Å². The molecule has 0 unspecified atom stereocenters. The van der Waals surface area contributed by atoms with Crippen LogP contribution in [-0.2, 0) is 0 Å². The van der Waals surface area contributed by atoms with Gasteiger partial charge >= 0.3 is 0 Å². The molecule has 7 heteroatoms. The number of ether oxygens (including phenoxy) is 1. The van der Waals surface area contributed by atoms with Crippen molar-refractivity contribution in [2.75, 3.05) is 17.7 Å². The number of nitrogens with zero attached hydrogens (tertiary/aromatic N) is 2. The van der Waals surface area contributed by atoms with Gasteiger partial charge in [0.2, 0.25) is 0 Å². The molecule has 1 aromatic heterocycles. The summed E-state index contributed by atoms with van der Waals surface area (Å²) in [4.78, 5) is 21.2. The number of nitrogens with one attached hydrogen (secondary N) is 2. The van der Waals surface area contributed by atoms with Crippen molar-refractivity contribution in [3.8, 4) is 5.75 Å². The lowest BCUT2D eigenvalue weighted by molar-refractivity contribution is 0.102. The highest BCUT2D eigenvalue weighted by Crippen LogP contribution is 2.26. The fraction of sp³-hybridized carbons (Fsp3) is 0.150. The lowest BCUT2D eigenvalue weighted by Crippen LogP contribution is -2.16. The molecule has 0 aliphatic rings. The monoisotopic (exact) mass is 382 g/mol. The number of aryl methyl sites for hydroxylation is 1. The van der Waals surface area contributed by atoms with Crippen LogP contribution in [0.4, 0.5) is 17.2 Å². The zero-order valence-electron chi connectivity index (χ0n) is 15.2. The van der Waals surface area contributed by atoms with Gasteiger partial charge in [0.25, 0.3) is 5.91 Å². The number of rotatable bonds is 5. The van der Waals surface area contributed by atoms with Crippen molar-refractivity contribution in [2.24, 2.45) is 0 Å². The number of halogens is 1. The first kappa shape index (κ1) is 18.7. The van der Waals surface area contributed by atoms with Gasteiger partial charge in [0.1, 0.15) is 23.1 Å². The number of para-hydroxylation sites is 2. The summed E-state index contributed by atoms with van der Waals surface area (Å²) in [6.07, 6.45) is 0. The summed E-state index contributed by atoms with van der Waals surface area (Å²) < 4.78 is 5.26. The molecule has 1 amide bonds. The van der Waals surface area contributed by atoms with E-state index in [0.717, 1.165) is 11.3 Å². The van der Waals surface area contributed by atoms with Crippen molar-refractivity contribution in [1.29, 1.82) is 0 Å². The van der Waals surface area contributed by atoms with E-state index in [1.807, 2.05) is 37.3 Å². The molecule has 3 aromatic rings. The molecule has 27 heavy (non-hydrogen) atoms. The van der Waals surface area contributed by atoms with Gasteiger partial charge in [-0.3, -0.25) is 4.79 Å². The van der Waals surface area contributed by atoms with Crippen LogP contribution in [0, 0.1) is 13.8 Å². The van der Waals surface area contributed by atoms with Gasteiger partial charge in [0.15, 0.2) is 0 Å². The van der Waals surface area contributed by atoms with E-state index in [1.165, 1.54) is 0 Å². The van der Waals surface area contributed by atoms with Crippen LogP contribution in [0.3, 0.4) is 0 Å². The van der Waals surface area contributed by atoms with Crippen molar-refractivity contribution in [2.45, 2.75) is 13.8 Å². The molecular weight excluding hydrogens is 364 g/mol. The lowest BCUT2D eigenvalue weighted by Gasteiger charge is -2.12. The zero-order chi connectivity index (χ0) is 19.4. The Bertz CT molecular complexity index is 991. The van der Waals surface area contributed by atoms with E-state index in [-0.39, 0.29) is 11.6 Å². The third kappa shape index (κ3) is 4.35. The van der Waals surface area contributed by atoms with Crippen LogP contribution in [0.5, 0.6) is 5.75 Å². The number of benzene rings is 2. The molecule has 0 aliphatic carbocycles. The van der Waals surface area contributed by atoms with Crippen molar-refractivity contribution >= 4 is 34.7 Å². The van der Waals surface area contributed by atoms with Crippen LogP contribution in [-0.4, -0.2) is 23.0 Å². The van der Waals surface area contributed by atoms with Crippen molar-refractivity contribution in [3.05, 3.63) is 70.6 Å². The molecule has 0 aliphatic heterocycles. The molecule has 0 bridgehead atoms. The Morgan fingerprint density at radius 2 is 1.78 bits per heavy atom. The molecule has 3 rings (SSSR count). The summed E-state index contributed by atoms with van der Waals surface area (Å²) in [6.45, 7) is 3.64. The number of amides is 1. The number of carbonyl (C=O) groups is 1. The predicted octanol–water partition coefficient (Wildman–Crippen LogP) is 4.75. The largest absolute Gasteiger partial charge is 0.495 e.